The van der Waals surface area contributed by atoms with Gasteiger partial charge in [0.2, 0.25) is 0 Å². The minimum Gasteiger partial charge on any atom is -0.509 e. The van der Waals surface area contributed by atoms with E-state index in [2.05, 4.69) is 47.1 Å². The lowest BCUT2D eigenvalue weighted by atomic mass is 9.27. The Bertz CT molecular complexity index is 2600. The smallest absolute Gasteiger partial charge is 0.339 e. The molecule has 1 aromatic rings. The normalized spacial score (nSPS) is 45.1. The number of allylic oxidation sites excluding steroid dienone is 4. The van der Waals surface area contributed by atoms with E-state index in [9.17, 15) is 5.11 Å². The first-order valence-electron chi connectivity index (χ1n) is 30.0. The number of carbonyl (C=O) groups is 2. The zero-order valence-electron chi connectivity index (χ0n) is 42.9. The second-order valence-electron chi connectivity index (χ2n) is 27.7. The molecular formula is C63H81N3O5. The van der Waals surface area contributed by atoms with Crippen molar-refractivity contribution in [2.24, 2.45) is 86.6 Å². The first-order chi connectivity index (χ1) is 34.6. The van der Waals surface area contributed by atoms with Crippen LogP contribution in [0.15, 0.2) is 64.3 Å². The highest BCUT2D eigenvalue weighted by atomic mass is 16.6. The van der Waals surface area contributed by atoms with Crippen molar-refractivity contribution in [2.45, 2.75) is 185 Å². The fourth-order valence-electron chi connectivity index (χ4n) is 23.4. The lowest BCUT2D eigenvalue weighted by molar-refractivity contribution is -0.282. The Morgan fingerprint density at radius 2 is 1.61 bits per heavy atom. The fraction of sp³-hybridized carbons (Fsp3) is 0.746. The molecule has 19 rings (SSSR count). The lowest BCUT2D eigenvalue weighted by Crippen LogP contribution is -2.78. The Hall–Kier alpha value is -3.36. The number of esters is 2. The van der Waals surface area contributed by atoms with Gasteiger partial charge in [0.15, 0.2) is 11.4 Å². The summed E-state index contributed by atoms with van der Waals surface area (Å²) >= 11 is 0. The molecule has 9 aliphatic carbocycles. The summed E-state index contributed by atoms with van der Waals surface area (Å²) < 4.78 is 14.7. The van der Waals surface area contributed by atoms with Gasteiger partial charge in [-0.1, -0.05) is 86.9 Å². The van der Waals surface area contributed by atoms with E-state index in [0.717, 1.165) is 56.4 Å². The Labute approximate surface area is 423 Å². The van der Waals surface area contributed by atoms with Gasteiger partial charge in [-0.2, -0.15) is 0 Å². The maximum absolute atomic E-state index is 16.5. The van der Waals surface area contributed by atoms with E-state index >= 15 is 9.59 Å². The van der Waals surface area contributed by atoms with Crippen LogP contribution in [0.2, 0.25) is 0 Å². The Balaban J connectivity index is 0.962. The van der Waals surface area contributed by atoms with Crippen molar-refractivity contribution in [1.29, 1.82) is 0 Å². The summed E-state index contributed by atoms with van der Waals surface area (Å²) in [5.41, 5.74) is 12.8. The molecule has 9 heterocycles. The third-order valence-corrected chi connectivity index (χ3v) is 25.5. The van der Waals surface area contributed by atoms with Crippen LogP contribution < -0.4 is 5.73 Å². The van der Waals surface area contributed by atoms with E-state index in [-0.39, 0.29) is 35.7 Å². The van der Waals surface area contributed by atoms with Gasteiger partial charge in [0.05, 0.1) is 11.0 Å². The highest BCUT2D eigenvalue weighted by Crippen LogP contribution is 2.88. The number of hydrogen-bond acceptors (Lipinski definition) is 8. The summed E-state index contributed by atoms with van der Waals surface area (Å²) in [6, 6.07) is 7.20. The average molecular weight is 960 g/mol. The molecule has 0 aromatic heterocycles. The van der Waals surface area contributed by atoms with E-state index in [1.54, 1.807) is 16.8 Å². The quantitative estimate of drug-likeness (QED) is 0.222. The van der Waals surface area contributed by atoms with E-state index in [4.69, 9.17) is 15.2 Å². The highest BCUT2D eigenvalue weighted by molar-refractivity contribution is 6.00. The lowest BCUT2D eigenvalue weighted by Gasteiger charge is -2.73. The summed E-state index contributed by atoms with van der Waals surface area (Å²) in [4.78, 5) is 37.8. The number of nitrogens with two attached hydrogens (primary N) is 1. The molecule has 8 nitrogen and oxygen atoms in total. The minimum atomic E-state index is -1.13. The van der Waals surface area contributed by atoms with Gasteiger partial charge >= 0.3 is 11.9 Å². The van der Waals surface area contributed by atoms with Crippen LogP contribution in [0.3, 0.4) is 0 Å². The number of hydrogen-bond donors (Lipinski definition) is 2. The maximum Gasteiger partial charge on any atom is 0.339 e. The molecule has 9 aliphatic heterocycles. The van der Waals surface area contributed by atoms with Crippen LogP contribution in [0.5, 0.6) is 0 Å². The molecule has 8 fully saturated rings. The van der Waals surface area contributed by atoms with E-state index in [1.807, 2.05) is 0 Å². The molecule has 18 aliphatic rings. The van der Waals surface area contributed by atoms with Crippen molar-refractivity contribution in [3.05, 3.63) is 81.0 Å². The number of benzene rings is 1. The topological polar surface area (TPSA) is 105 Å². The summed E-state index contributed by atoms with van der Waals surface area (Å²) in [5.74, 6) is 4.17. The van der Waals surface area contributed by atoms with Crippen molar-refractivity contribution >= 4 is 11.9 Å². The monoisotopic (exact) mass is 960 g/mol. The number of piperidine rings is 2. The van der Waals surface area contributed by atoms with Crippen LogP contribution in [-0.4, -0.2) is 65.1 Å². The van der Waals surface area contributed by atoms with Crippen LogP contribution in [0.1, 0.15) is 183 Å². The van der Waals surface area contributed by atoms with Gasteiger partial charge in [-0.15, -0.1) is 0 Å². The van der Waals surface area contributed by atoms with E-state index in [0.29, 0.717) is 101 Å². The molecule has 14 unspecified atom stereocenters. The number of aryl methyl sites for hydroxylation is 1. The number of fused-ring (bicyclic) bond motifs is 4. The first kappa shape index (κ1) is 44.0. The van der Waals surface area contributed by atoms with Crippen LogP contribution in [0.25, 0.3) is 0 Å². The second kappa shape index (κ2) is 15.2. The number of carbonyl (C=O) groups excluding carboxylic acids is 2. The molecular weight excluding hydrogens is 879 g/mol. The average Bonchev–Trinajstić information content (AvgIpc) is 4.26. The molecule has 0 radical (unpaired) electrons. The molecule has 8 heteroatoms. The molecule has 0 amide bonds. The largest absolute Gasteiger partial charge is 0.509 e. The van der Waals surface area contributed by atoms with Crippen molar-refractivity contribution in [3.63, 3.8) is 0 Å². The second-order valence-corrected chi connectivity index (χ2v) is 27.7. The Kier molecular flexibility index (Phi) is 9.39. The van der Waals surface area contributed by atoms with Gasteiger partial charge in [-0.05, 0) is 191 Å². The predicted octanol–water partition coefficient (Wildman–Crippen LogP) is 12.0. The molecule has 378 valence electrons. The van der Waals surface area contributed by atoms with E-state index in [1.165, 1.54) is 121 Å². The predicted molar refractivity (Wildman–Crippen MR) is 272 cm³/mol. The molecule has 3 N–H and O–H groups in total. The van der Waals surface area contributed by atoms with Crippen LogP contribution in [0.4, 0.5) is 0 Å². The van der Waals surface area contributed by atoms with Crippen molar-refractivity contribution in [3.8, 4) is 0 Å². The van der Waals surface area contributed by atoms with Crippen molar-refractivity contribution in [2.75, 3.05) is 26.2 Å². The number of ether oxygens (including phenoxy) is 2. The molecule has 71 heavy (non-hydrogen) atoms. The fourth-order valence-corrected chi connectivity index (χ4v) is 23.4. The molecule has 12 bridgehead atoms. The van der Waals surface area contributed by atoms with Crippen LogP contribution in [0, 0.1) is 80.8 Å². The zero-order valence-corrected chi connectivity index (χ0v) is 42.9. The van der Waals surface area contributed by atoms with Gasteiger partial charge in [0.1, 0.15) is 11.2 Å². The third-order valence-electron chi connectivity index (χ3n) is 25.5. The van der Waals surface area contributed by atoms with Gasteiger partial charge in [-0.25, -0.2) is 4.79 Å². The molecule has 1 aromatic carbocycles. The SMILES string of the molecule is CC1CC2=C3C4C5=C6C(C=CC(C7CCCC7)CC7C68C(=O)OC(=C(O)CC(C6CC9(CCCC9)C9(CCCC9)C6)N6CC9CC(C6)C(CC2)N3C9)C8(CC5)C72OC(=O)c3c(CCCN)cccc32)CC14. The summed E-state index contributed by atoms with van der Waals surface area (Å²) in [5, 5.41) is 13.8. The number of aliphatic hydroxyl groups is 1. The van der Waals surface area contributed by atoms with Gasteiger partial charge < -0.3 is 25.2 Å². The maximum atomic E-state index is 16.5. The molecule has 5 spiro atoms. The van der Waals surface area contributed by atoms with Gasteiger partial charge in [0, 0.05) is 61.2 Å². The number of rotatable bonds is 5. The number of nitrogens with zero attached hydrogens (tertiary/aromatic N) is 2. The van der Waals surface area contributed by atoms with Gasteiger partial charge in [0.25, 0.3) is 0 Å². The molecule has 3 saturated heterocycles. The molecule has 5 saturated carbocycles. The van der Waals surface area contributed by atoms with Crippen molar-refractivity contribution < 1.29 is 24.2 Å². The zero-order chi connectivity index (χ0) is 47.4. The Morgan fingerprint density at radius 1 is 0.817 bits per heavy atom. The standard InChI is InChI=1S/C63H81N3O5/c1-36-26-42-17-18-48-43-27-37-33-65(35-43)49(44-31-59(20-4-5-21-59)60(32-44)22-6-7-23-60)30-50(67)56-61-24-19-45-53(55(42)66(48)34-37)46(36)28-41-16-15-40(38-10-2-3-11-38)29-51(62(61,54(41)45)58(69)70-56)63(61)47-14-8-12-39(13-9-25-64)52(47)57(68)71-63/h8,12,14-16,36-38,40-41,43-44,46,48-49,51,53,67H,2-7,9-11,13,17-35,64H2,1H3. The van der Waals surface area contributed by atoms with E-state index < -0.39 is 16.4 Å². The first-order valence-corrected chi connectivity index (χ1v) is 30.0. The summed E-state index contributed by atoms with van der Waals surface area (Å²) in [6.45, 7) is 6.48. The third kappa shape index (κ3) is 5.28. The highest BCUT2D eigenvalue weighted by Gasteiger charge is 2.94. The van der Waals surface area contributed by atoms with Crippen LogP contribution >= 0.6 is 0 Å². The Morgan fingerprint density at radius 3 is 2.38 bits per heavy atom. The summed E-state index contributed by atoms with van der Waals surface area (Å²) in [6.07, 6.45) is 34.1. The van der Waals surface area contributed by atoms with Crippen LogP contribution in [-0.2, 0) is 26.3 Å². The van der Waals surface area contributed by atoms with Crippen molar-refractivity contribution in [1.82, 2.24) is 9.80 Å². The van der Waals surface area contributed by atoms with Gasteiger partial charge in [-0.3, -0.25) is 9.69 Å². The summed E-state index contributed by atoms with van der Waals surface area (Å²) in [7, 11) is 0. The molecule has 14 atom stereocenters. The minimum absolute atomic E-state index is 0.112. The number of aliphatic hydroxyl groups excluding tert-OH is 1.